The van der Waals surface area contributed by atoms with E-state index in [2.05, 4.69) is 4.98 Å². The third-order valence-corrected chi connectivity index (χ3v) is 3.88. The molecule has 0 bridgehead atoms. The summed E-state index contributed by atoms with van der Waals surface area (Å²) in [6.45, 7) is 0. The number of nitrogens with zero attached hydrogens (tertiary/aromatic N) is 1. The molecule has 3 aromatic rings. The number of fused-ring (bicyclic) bond motifs is 2. The molecule has 5 heteroatoms. The topological polar surface area (TPSA) is 62.4 Å². The molecule has 5 nitrogen and oxygen atoms in total. The van der Waals surface area contributed by atoms with Gasteiger partial charge in [0.05, 0.1) is 29.4 Å². The number of aromatic nitrogens is 1. The fourth-order valence-electron chi connectivity index (χ4n) is 2.83. The van der Waals surface area contributed by atoms with Crippen molar-refractivity contribution in [2.75, 3.05) is 12.0 Å². The zero-order chi connectivity index (χ0) is 15.3. The summed E-state index contributed by atoms with van der Waals surface area (Å²) in [5.41, 5.74) is 2.09. The van der Waals surface area contributed by atoms with E-state index in [9.17, 15) is 9.59 Å². The quantitative estimate of drug-likeness (QED) is 0.739. The van der Waals surface area contributed by atoms with Gasteiger partial charge in [0.25, 0.3) is 11.8 Å². The van der Waals surface area contributed by atoms with E-state index < -0.39 is 0 Å². The first-order valence-electron chi connectivity index (χ1n) is 6.83. The number of carbonyl (C=O) groups is 2. The lowest BCUT2D eigenvalue weighted by Gasteiger charge is -2.16. The van der Waals surface area contributed by atoms with E-state index in [-0.39, 0.29) is 11.8 Å². The number of amides is 2. The number of imide groups is 1. The molecule has 0 saturated heterocycles. The van der Waals surface area contributed by atoms with Crippen molar-refractivity contribution in [1.29, 1.82) is 0 Å². The van der Waals surface area contributed by atoms with Crippen molar-refractivity contribution in [2.24, 2.45) is 0 Å². The molecule has 0 atom stereocenters. The Bertz CT molecular complexity index is 892. The smallest absolute Gasteiger partial charge is 0.266 e. The van der Waals surface area contributed by atoms with E-state index >= 15 is 0 Å². The standard InChI is InChI=1S/C17H12N2O3/c1-22-11-8-10-6-7-18-15(10)14(9-11)19-16(20)12-4-2-3-5-13(12)17(19)21/h2-9,18H,1H3. The monoisotopic (exact) mass is 292 g/mol. The first-order chi connectivity index (χ1) is 10.7. The van der Waals surface area contributed by atoms with Gasteiger partial charge in [0.15, 0.2) is 0 Å². The van der Waals surface area contributed by atoms with E-state index in [0.717, 1.165) is 10.9 Å². The molecule has 0 radical (unpaired) electrons. The summed E-state index contributed by atoms with van der Waals surface area (Å²) >= 11 is 0. The van der Waals surface area contributed by atoms with Crippen LogP contribution in [0.4, 0.5) is 5.69 Å². The summed E-state index contributed by atoms with van der Waals surface area (Å²) in [4.78, 5) is 29.5. The Hall–Kier alpha value is -3.08. The molecule has 1 aliphatic heterocycles. The van der Waals surface area contributed by atoms with Gasteiger partial charge in [0.2, 0.25) is 0 Å². The van der Waals surface area contributed by atoms with Crippen molar-refractivity contribution in [3.8, 4) is 5.75 Å². The number of methoxy groups -OCH3 is 1. The molecule has 108 valence electrons. The number of hydrogen-bond donors (Lipinski definition) is 1. The summed E-state index contributed by atoms with van der Waals surface area (Å²) in [7, 11) is 1.56. The van der Waals surface area contributed by atoms with Gasteiger partial charge in [0.1, 0.15) is 5.75 Å². The molecule has 22 heavy (non-hydrogen) atoms. The van der Waals surface area contributed by atoms with Crippen molar-refractivity contribution in [3.05, 3.63) is 59.8 Å². The summed E-state index contributed by atoms with van der Waals surface area (Å²) in [5, 5.41) is 0.880. The van der Waals surface area contributed by atoms with Gasteiger partial charge >= 0.3 is 0 Å². The maximum atomic E-state index is 12.6. The summed E-state index contributed by atoms with van der Waals surface area (Å²) in [6.07, 6.45) is 1.77. The first-order valence-corrected chi connectivity index (χ1v) is 6.83. The molecule has 0 saturated carbocycles. The van der Waals surface area contributed by atoms with Gasteiger partial charge in [-0.25, -0.2) is 4.90 Å². The minimum absolute atomic E-state index is 0.315. The predicted molar refractivity (Wildman–Crippen MR) is 82.4 cm³/mol. The second kappa shape index (κ2) is 4.46. The molecular weight excluding hydrogens is 280 g/mol. The van der Waals surface area contributed by atoms with E-state index in [1.165, 1.54) is 4.90 Å². The number of H-pyrrole nitrogens is 1. The molecule has 0 spiro atoms. The molecule has 0 unspecified atom stereocenters. The lowest BCUT2D eigenvalue weighted by atomic mass is 10.1. The van der Waals surface area contributed by atoms with Gasteiger partial charge < -0.3 is 9.72 Å². The molecule has 1 N–H and O–H groups in total. The zero-order valence-corrected chi connectivity index (χ0v) is 11.8. The molecule has 2 aromatic carbocycles. The van der Waals surface area contributed by atoms with Crippen LogP contribution in [0.1, 0.15) is 20.7 Å². The number of anilines is 1. The zero-order valence-electron chi connectivity index (χ0n) is 11.8. The van der Waals surface area contributed by atoms with E-state index in [0.29, 0.717) is 22.6 Å². The van der Waals surface area contributed by atoms with Crippen LogP contribution in [-0.4, -0.2) is 23.9 Å². The predicted octanol–water partition coefficient (Wildman–Crippen LogP) is 2.98. The van der Waals surface area contributed by atoms with Crippen molar-refractivity contribution in [1.82, 2.24) is 4.98 Å². The Balaban J connectivity index is 1.95. The van der Waals surface area contributed by atoms with Gasteiger partial charge in [0, 0.05) is 17.6 Å². The maximum absolute atomic E-state index is 12.6. The molecule has 2 heterocycles. The number of aromatic amines is 1. The maximum Gasteiger partial charge on any atom is 0.266 e. The largest absolute Gasteiger partial charge is 0.497 e. The molecule has 1 aromatic heterocycles. The van der Waals surface area contributed by atoms with Crippen molar-refractivity contribution >= 4 is 28.4 Å². The van der Waals surface area contributed by atoms with E-state index in [1.54, 1.807) is 43.6 Å². The second-order valence-electron chi connectivity index (χ2n) is 5.08. The van der Waals surface area contributed by atoms with Crippen LogP contribution < -0.4 is 9.64 Å². The SMILES string of the molecule is COc1cc(N2C(=O)c3ccccc3C2=O)c2[nH]ccc2c1. The average molecular weight is 292 g/mol. The highest BCUT2D eigenvalue weighted by Crippen LogP contribution is 2.35. The molecule has 4 rings (SSSR count). The highest BCUT2D eigenvalue weighted by atomic mass is 16.5. The molecule has 2 amide bonds. The van der Waals surface area contributed by atoms with Gasteiger partial charge in [-0.3, -0.25) is 9.59 Å². The highest BCUT2D eigenvalue weighted by Gasteiger charge is 2.37. The van der Waals surface area contributed by atoms with Crippen molar-refractivity contribution in [2.45, 2.75) is 0 Å². The van der Waals surface area contributed by atoms with Crippen molar-refractivity contribution in [3.63, 3.8) is 0 Å². The molecule has 0 aliphatic carbocycles. The van der Waals surface area contributed by atoms with Gasteiger partial charge in [-0.05, 0) is 24.3 Å². The van der Waals surface area contributed by atoms with E-state index in [1.807, 2.05) is 12.1 Å². The van der Waals surface area contributed by atoms with E-state index in [4.69, 9.17) is 4.74 Å². The Labute approximate surface area is 126 Å². The number of benzene rings is 2. The van der Waals surface area contributed by atoms with Crippen LogP contribution in [0.15, 0.2) is 48.7 Å². The van der Waals surface area contributed by atoms with Crippen LogP contribution in [0.25, 0.3) is 10.9 Å². The average Bonchev–Trinajstić information content (AvgIpc) is 3.11. The number of ether oxygens (including phenoxy) is 1. The Morgan fingerprint density at radius 1 is 1.00 bits per heavy atom. The fraction of sp³-hybridized carbons (Fsp3) is 0.0588. The Morgan fingerprint density at radius 2 is 1.68 bits per heavy atom. The summed E-state index contributed by atoms with van der Waals surface area (Å²) < 4.78 is 5.28. The van der Waals surface area contributed by atoms with Crippen LogP contribution in [0.5, 0.6) is 5.75 Å². The van der Waals surface area contributed by atoms with Crippen LogP contribution >= 0.6 is 0 Å². The second-order valence-corrected chi connectivity index (χ2v) is 5.08. The Kier molecular flexibility index (Phi) is 2.56. The number of rotatable bonds is 2. The third-order valence-electron chi connectivity index (χ3n) is 3.88. The lowest BCUT2D eigenvalue weighted by molar-refractivity contribution is 0.0926. The number of nitrogens with one attached hydrogen (secondary N) is 1. The lowest BCUT2D eigenvalue weighted by Crippen LogP contribution is -2.29. The molecule has 0 fully saturated rings. The number of hydrogen-bond acceptors (Lipinski definition) is 3. The fourth-order valence-corrected chi connectivity index (χ4v) is 2.83. The number of carbonyl (C=O) groups excluding carboxylic acids is 2. The highest BCUT2D eigenvalue weighted by molar-refractivity contribution is 6.35. The van der Waals surface area contributed by atoms with Gasteiger partial charge in [-0.15, -0.1) is 0 Å². The minimum atomic E-state index is -0.315. The van der Waals surface area contributed by atoms with Crippen LogP contribution in [-0.2, 0) is 0 Å². The van der Waals surface area contributed by atoms with Gasteiger partial charge in [-0.1, -0.05) is 12.1 Å². The van der Waals surface area contributed by atoms with Crippen LogP contribution in [0.2, 0.25) is 0 Å². The van der Waals surface area contributed by atoms with Gasteiger partial charge in [-0.2, -0.15) is 0 Å². The minimum Gasteiger partial charge on any atom is -0.497 e. The van der Waals surface area contributed by atoms with Crippen LogP contribution in [0.3, 0.4) is 0 Å². The third kappa shape index (κ3) is 1.59. The Morgan fingerprint density at radius 3 is 2.32 bits per heavy atom. The summed E-state index contributed by atoms with van der Waals surface area (Å²) in [5.74, 6) is -0.0341. The molecule has 1 aliphatic rings. The molecular formula is C17H12N2O3. The van der Waals surface area contributed by atoms with Crippen LogP contribution in [0, 0.1) is 0 Å². The summed E-state index contributed by atoms with van der Waals surface area (Å²) in [6, 6.07) is 12.3. The van der Waals surface area contributed by atoms with Crippen molar-refractivity contribution < 1.29 is 14.3 Å². The first kappa shape index (κ1) is 12.6. The normalized spacial score (nSPS) is 13.8.